The van der Waals surface area contributed by atoms with E-state index in [-0.39, 0.29) is 0 Å². The van der Waals surface area contributed by atoms with Crippen LogP contribution in [0.15, 0.2) is 78.9 Å². The molecule has 3 heteroatoms. The molecule has 3 aromatic carbocycles. The van der Waals surface area contributed by atoms with Crippen LogP contribution in [-0.2, 0) is 0 Å². The maximum Gasteiger partial charge on any atom is 0.162 e. The molecule has 0 bridgehead atoms. The molecule has 1 aromatic heterocycles. The van der Waals surface area contributed by atoms with Crippen molar-refractivity contribution < 1.29 is 0 Å². The molecule has 0 fully saturated rings. The molecular weight excluding hydrogens is 282 g/mol. The monoisotopic (exact) mass is 297 g/mol. The van der Waals surface area contributed by atoms with Gasteiger partial charge in [0.05, 0.1) is 11.2 Å². The molecule has 110 valence electrons. The Balaban J connectivity index is 2.04. The quantitative estimate of drug-likeness (QED) is 0.552. The van der Waals surface area contributed by atoms with E-state index in [1.807, 2.05) is 60.7 Å². The number of para-hydroxylation sites is 2. The average Bonchev–Trinajstić information content (AvgIpc) is 2.62. The first-order valence-electron chi connectivity index (χ1n) is 7.50. The number of rotatable bonds is 2. The molecule has 0 amide bonds. The number of aromatic nitrogens is 2. The van der Waals surface area contributed by atoms with Gasteiger partial charge >= 0.3 is 0 Å². The van der Waals surface area contributed by atoms with E-state index in [1.165, 1.54) is 0 Å². The Morgan fingerprint density at radius 1 is 0.652 bits per heavy atom. The van der Waals surface area contributed by atoms with E-state index in [0.717, 1.165) is 27.7 Å². The Morgan fingerprint density at radius 2 is 1.35 bits per heavy atom. The average molecular weight is 297 g/mol. The molecule has 3 nitrogen and oxygen atoms in total. The van der Waals surface area contributed by atoms with Gasteiger partial charge in [-0.3, -0.25) is 0 Å². The van der Waals surface area contributed by atoms with Crippen molar-refractivity contribution in [3.8, 4) is 22.6 Å². The van der Waals surface area contributed by atoms with Crippen molar-refractivity contribution >= 4 is 16.6 Å². The smallest absolute Gasteiger partial charge is 0.162 e. The van der Waals surface area contributed by atoms with Gasteiger partial charge in [-0.15, -0.1) is 0 Å². The molecule has 0 radical (unpaired) electrons. The highest BCUT2D eigenvalue weighted by atomic mass is 14.9. The molecule has 0 aliphatic rings. The van der Waals surface area contributed by atoms with Crippen molar-refractivity contribution in [2.24, 2.45) is 0 Å². The number of fused-ring (bicyclic) bond motifs is 1. The van der Waals surface area contributed by atoms with Crippen LogP contribution in [0.4, 0.5) is 5.69 Å². The molecule has 0 spiro atoms. The van der Waals surface area contributed by atoms with Gasteiger partial charge in [0.25, 0.3) is 0 Å². The van der Waals surface area contributed by atoms with E-state index in [1.54, 1.807) is 0 Å². The van der Waals surface area contributed by atoms with Crippen LogP contribution >= 0.6 is 0 Å². The lowest BCUT2D eigenvalue weighted by Gasteiger charge is -2.10. The summed E-state index contributed by atoms with van der Waals surface area (Å²) in [5.74, 6) is 0.653. The molecule has 4 rings (SSSR count). The van der Waals surface area contributed by atoms with Crippen LogP contribution in [0.5, 0.6) is 0 Å². The highest BCUT2D eigenvalue weighted by molar-refractivity contribution is 5.94. The first kappa shape index (κ1) is 13.5. The summed E-state index contributed by atoms with van der Waals surface area (Å²) in [5, 5.41) is 1.04. The summed E-state index contributed by atoms with van der Waals surface area (Å²) in [6.45, 7) is 0. The van der Waals surface area contributed by atoms with Gasteiger partial charge in [0.15, 0.2) is 5.82 Å². The maximum absolute atomic E-state index is 6.11. The van der Waals surface area contributed by atoms with Crippen LogP contribution in [0.25, 0.3) is 33.5 Å². The van der Waals surface area contributed by atoms with Crippen LogP contribution in [0.1, 0.15) is 0 Å². The van der Waals surface area contributed by atoms with Gasteiger partial charge in [0, 0.05) is 22.2 Å². The van der Waals surface area contributed by atoms with E-state index in [9.17, 15) is 0 Å². The van der Waals surface area contributed by atoms with E-state index in [0.29, 0.717) is 11.5 Å². The molecule has 23 heavy (non-hydrogen) atoms. The minimum atomic E-state index is 0.653. The number of anilines is 1. The topological polar surface area (TPSA) is 51.8 Å². The predicted molar refractivity (Wildman–Crippen MR) is 94.8 cm³/mol. The Kier molecular flexibility index (Phi) is 3.24. The minimum absolute atomic E-state index is 0.653. The second-order valence-corrected chi connectivity index (χ2v) is 5.37. The lowest BCUT2D eigenvalue weighted by atomic mass is 10.1. The summed E-state index contributed by atoms with van der Waals surface area (Å²) in [7, 11) is 0. The Bertz CT molecular complexity index is 978. The van der Waals surface area contributed by atoms with Gasteiger partial charge in [-0.1, -0.05) is 60.7 Å². The molecule has 0 atom stereocenters. The van der Waals surface area contributed by atoms with E-state index in [4.69, 9.17) is 15.7 Å². The second kappa shape index (κ2) is 5.54. The molecule has 1 heterocycles. The third-order valence-electron chi connectivity index (χ3n) is 3.85. The second-order valence-electron chi connectivity index (χ2n) is 5.37. The third-order valence-corrected chi connectivity index (χ3v) is 3.85. The zero-order valence-electron chi connectivity index (χ0n) is 12.5. The fraction of sp³-hybridized carbons (Fsp3) is 0. The molecule has 0 aliphatic heterocycles. The van der Waals surface area contributed by atoms with Crippen molar-refractivity contribution in [1.82, 2.24) is 9.97 Å². The summed E-state index contributed by atoms with van der Waals surface area (Å²) >= 11 is 0. The van der Waals surface area contributed by atoms with Crippen LogP contribution in [0, 0.1) is 0 Å². The first-order chi connectivity index (χ1) is 11.3. The van der Waals surface area contributed by atoms with Crippen LogP contribution < -0.4 is 5.73 Å². The van der Waals surface area contributed by atoms with Crippen LogP contribution in [0.3, 0.4) is 0 Å². The lowest BCUT2D eigenvalue weighted by molar-refractivity contribution is 1.23. The van der Waals surface area contributed by atoms with Gasteiger partial charge in [0.1, 0.15) is 0 Å². The Labute approximate surface area is 134 Å². The normalized spacial score (nSPS) is 10.8. The number of benzene rings is 3. The summed E-state index contributed by atoms with van der Waals surface area (Å²) < 4.78 is 0. The number of hydrogen-bond acceptors (Lipinski definition) is 3. The Morgan fingerprint density at radius 3 is 2.17 bits per heavy atom. The van der Waals surface area contributed by atoms with Gasteiger partial charge in [-0.05, 0) is 18.2 Å². The minimum Gasteiger partial charge on any atom is -0.398 e. The largest absolute Gasteiger partial charge is 0.398 e. The summed E-state index contributed by atoms with van der Waals surface area (Å²) in [4.78, 5) is 9.51. The molecule has 0 unspecified atom stereocenters. The van der Waals surface area contributed by atoms with Crippen LogP contribution in [-0.4, -0.2) is 9.97 Å². The standard InChI is InChI=1S/C20H15N3/c21-17-12-6-4-10-15(17)20-22-18-13-7-5-11-16(18)19(23-20)14-8-2-1-3-9-14/h1-13H,21H2. The van der Waals surface area contributed by atoms with Crippen molar-refractivity contribution in [3.05, 3.63) is 78.9 Å². The van der Waals surface area contributed by atoms with Crippen molar-refractivity contribution in [2.75, 3.05) is 5.73 Å². The molecular formula is C20H15N3. The van der Waals surface area contributed by atoms with Crippen LogP contribution in [0.2, 0.25) is 0 Å². The number of hydrogen-bond donors (Lipinski definition) is 1. The van der Waals surface area contributed by atoms with E-state index in [2.05, 4.69) is 18.2 Å². The third kappa shape index (κ3) is 2.42. The predicted octanol–water partition coefficient (Wildman–Crippen LogP) is 4.55. The number of nitrogens with two attached hydrogens (primary N) is 1. The van der Waals surface area contributed by atoms with Gasteiger partial charge in [0.2, 0.25) is 0 Å². The number of nitrogens with zero attached hydrogens (tertiary/aromatic N) is 2. The Hall–Kier alpha value is -3.20. The zero-order chi connectivity index (χ0) is 15.6. The SMILES string of the molecule is Nc1ccccc1-c1nc(-c2ccccc2)c2ccccc2n1. The fourth-order valence-corrected chi connectivity index (χ4v) is 2.71. The summed E-state index contributed by atoms with van der Waals surface area (Å²) in [5.41, 5.74) is 10.6. The molecule has 2 N–H and O–H groups in total. The van der Waals surface area contributed by atoms with Gasteiger partial charge in [-0.25, -0.2) is 9.97 Å². The highest BCUT2D eigenvalue weighted by Crippen LogP contribution is 2.30. The van der Waals surface area contributed by atoms with Crippen molar-refractivity contribution in [3.63, 3.8) is 0 Å². The first-order valence-corrected chi connectivity index (χ1v) is 7.50. The highest BCUT2D eigenvalue weighted by Gasteiger charge is 2.12. The van der Waals surface area contributed by atoms with Crippen molar-refractivity contribution in [1.29, 1.82) is 0 Å². The van der Waals surface area contributed by atoms with Crippen molar-refractivity contribution in [2.45, 2.75) is 0 Å². The summed E-state index contributed by atoms with van der Waals surface area (Å²) in [6, 6.07) is 25.9. The number of nitrogen functional groups attached to an aromatic ring is 1. The maximum atomic E-state index is 6.11. The van der Waals surface area contributed by atoms with Gasteiger partial charge in [-0.2, -0.15) is 0 Å². The zero-order valence-corrected chi connectivity index (χ0v) is 12.5. The molecule has 0 saturated heterocycles. The molecule has 0 saturated carbocycles. The molecule has 4 aromatic rings. The molecule has 0 aliphatic carbocycles. The fourth-order valence-electron chi connectivity index (χ4n) is 2.71. The summed E-state index contributed by atoms with van der Waals surface area (Å²) in [6.07, 6.45) is 0. The van der Waals surface area contributed by atoms with E-state index >= 15 is 0 Å². The van der Waals surface area contributed by atoms with Gasteiger partial charge < -0.3 is 5.73 Å². The van der Waals surface area contributed by atoms with E-state index < -0.39 is 0 Å². The lowest BCUT2D eigenvalue weighted by Crippen LogP contribution is -1.97.